The summed E-state index contributed by atoms with van der Waals surface area (Å²) in [7, 11) is 0. The Balaban J connectivity index is 2.18. The van der Waals surface area contributed by atoms with Crippen molar-refractivity contribution in [1.29, 1.82) is 0 Å². The van der Waals surface area contributed by atoms with Gasteiger partial charge in [-0.2, -0.15) is 0 Å². The average Bonchev–Trinajstić information content (AvgIpc) is 2.49. The van der Waals surface area contributed by atoms with Crippen LogP contribution in [0, 0.1) is 0 Å². The third-order valence-electron chi connectivity index (χ3n) is 3.16. The van der Waals surface area contributed by atoms with Crippen LogP contribution < -0.4 is 0 Å². The van der Waals surface area contributed by atoms with Crippen LogP contribution in [0.1, 0.15) is 26.3 Å². The molecule has 80 valence electrons. The number of hydrogen-bond acceptors (Lipinski definition) is 1. The Kier molecular flexibility index (Phi) is 2.67. The number of aryl methyl sites for hydroxylation is 2. The maximum Gasteiger partial charge on any atom is 0.0786 e. The SMILES string of the molecule is IC1c2ccccc2CCc2cccnc21. The molecule has 1 atom stereocenters. The van der Waals surface area contributed by atoms with Crippen LogP contribution in [0.2, 0.25) is 0 Å². The van der Waals surface area contributed by atoms with Gasteiger partial charge in [0.2, 0.25) is 0 Å². The van der Waals surface area contributed by atoms with Crippen molar-refractivity contribution in [3.8, 4) is 0 Å². The first kappa shape index (κ1) is 10.3. The van der Waals surface area contributed by atoms with E-state index in [4.69, 9.17) is 0 Å². The second kappa shape index (κ2) is 4.17. The zero-order chi connectivity index (χ0) is 11.0. The molecule has 2 heteroatoms. The third-order valence-corrected chi connectivity index (χ3v) is 4.42. The minimum absolute atomic E-state index is 0.396. The van der Waals surface area contributed by atoms with E-state index in [1.165, 1.54) is 22.4 Å². The lowest BCUT2D eigenvalue weighted by molar-refractivity contribution is 0.952. The number of halogens is 1. The van der Waals surface area contributed by atoms with Gasteiger partial charge in [0.05, 0.1) is 9.62 Å². The van der Waals surface area contributed by atoms with Gasteiger partial charge < -0.3 is 0 Å². The molecule has 1 aliphatic rings. The molecule has 0 spiro atoms. The summed E-state index contributed by atoms with van der Waals surface area (Å²) < 4.78 is 0.396. The molecule has 2 aromatic rings. The van der Waals surface area contributed by atoms with Gasteiger partial charge in [-0.3, -0.25) is 4.98 Å². The van der Waals surface area contributed by atoms with E-state index in [1.807, 2.05) is 12.3 Å². The number of alkyl halides is 1. The Morgan fingerprint density at radius 3 is 2.69 bits per heavy atom. The molecule has 1 aromatic heterocycles. The van der Waals surface area contributed by atoms with Crippen LogP contribution in [0.15, 0.2) is 42.6 Å². The molecule has 1 nitrogen and oxygen atoms in total. The maximum absolute atomic E-state index is 4.55. The summed E-state index contributed by atoms with van der Waals surface area (Å²) >= 11 is 2.50. The Bertz CT molecular complexity index is 474. The number of pyridine rings is 1. The number of fused-ring (bicyclic) bond motifs is 2. The van der Waals surface area contributed by atoms with E-state index in [-0.39, 0.29) is 0 Å². The fourth-order valence-electron chi connectivity index (χ4n) is 2.32. The molecule has 0 amide bonds. The van der Waals surface area contributed by atoms with Crippen molar-refractivity contribution in [2.24, 2.45) is 0 Å². The van der Waals surface area contributed by atoms with Crippen molar-refractivity contribution in [3.05, 3.63) is 65.0 Å². The molecule has 1 aromatic carbocycles. The van der Waals surface area contributed by atoms with E-state index in [2.05, 4.69) is 57.9 Å². The highest BCUT2D eigenvalue weighted by atomic mass is 127. The number of hydrogen-bond donors (Lipinski definition) is 0. The predicted molar refractivity (Wildman–Crippen MR) is 74.0 cm³/mol. The van der Waals surface area contributed by atoms with Gasteiger partial charge in [0, 0.05) is 6.20 Å². The predicted octanol–water partition coefficient (Wildman–Crippen LogP) is 3.70. The standard InChI is InChI=1S/C14H12IN/c15-13-12-6-2-1-4-10(12)7-8-11-5-3-9-16-14(11)13/h1-6,9,13H,7-8H2. The molecule has 16 heavy (non-hydrogen) atoms. The van der Waals surface area contributed by atoms with Crippen molar-refractivity contribution >= 4 is 22.6 Å². The lowest BCUT2D eigenvalue weighted by Crippen LogP contribution is -1.98. The lowest BCUT2D eigenvalue weighted by Gasteiger charge is -2.12. The van der Waals surface area contributed by atoms with Gasteiger partial charge in [0.25, 0.3) is 0 Å². The van der Waals surface area contributed by atoms with E-state index in [0.717, 1.165) is 12.8 Å². The topological polar surface area (TPSA) is 12.9 Å². The molecule has 0 fully saturated rings. The third kappa shape index (κ3) is 1.65. The molecule has 0 bridgehead atoms. The Morgan fingerprint density at radius 1 is 1.00 bits per heavy atom. The summed E-state index contributed by atoms with van der Waals surface area (Å²) in [4.78, 5) is 4.55. The van der Waals surface area contributed by atoms with E-state index < -0.39 is 0 Å². The van der Waals surface area contributed by atoms with Crippen LogP contribution in [0.4, 0.5) is 0 Å². The van der Waals surface area contributed by atoms with Crippen LogP contribution in [0.25, 0.3) is 0 Å². The van der Waals surface area contributed by atoms with E-state index in [0.29, 0.717) is 3.92 Å². The first-order valence-electron chi connectivity index (χ1n) is 5.52. The van der Waals surface area contributed by atoms with Gasteiger partial charge in [0.1, 0.15) is 0 Å². The molecule has 1 aliphatic carbocycles. The number of aromatic nitrogens is 1. The molecule has 0 N–H and O–H groups in total. The highest BCUT2D eigenvalue weighted by Gasteiger charge is 2.21. The first-order valence-corrected chi connectivity index (χ1v) is 6.76. The van der Waals surface area contributed by atoms with Gasteiger partial charge in [-0.15, -0.1) is 0 Å². The highest BCUT2D eigenvalue weighted by molar-refractivity contribution is 14.1. The molecule has 1 heterocycles. The van der Waals surface area contributed by atoms with Gasteiger partial charge in [0.15, 0.2) is 0 Å². The largest absolute Gasteiger partial charge is 0.260 e. The van der Waals surface area contributed by atoms with Crippen molar-refractivity contribution in [3.63, 3.8) is 0 Å². The summed E-state index contributed by atoms with van der Waals surface area (Å²) in [6, 6.07) is 13.0. The summed E-state index contributed by atoms with van der Waals surface area (Å²) in [5.74, 6) is 0. The normalized spacial score (nSPS) is 18.4. The molecular weight excluding hydrogens is 309 g/mol. The van der Waals surface area contributed by atoms with Gasteiger partial charge in [-0.1, -0.05) is 52.9 Å². The fraction of sp³-hybridized carbons (Fsp3) is 0.214. The maximum atomic E-state index is 4.55. The van der Waals surface area contributed by atoms with Gasteiger partial charge in [-0.25, -0.2) is 0 Å². The van der Waals surface area contributed by atoms with Crippen LogP contribution in [0.5, 0.6) is 0 Å². The Morgan fingerprint density at radius 2 is 1.75 bits per heavy atom. The van der Waals surface area contributed by atoms with Crippen molar-refractivity contribution < 1.29 is 0 Å². The van der Waals surface area contributed by atoms with Crippen molar-refractivity contribution in [1.82, 2.24) is 4.98 Å². The van der Waals surface area contributed by atoms with Crippen molar-refractivity contribution in [2.75, 3.05) is 0 Å². The first-order chi connectivity index (χ1) is 7.86. The van der Waals surface area contributed by atoms with Gasteiger partial charge in [-0.05, 0) is 35.6 Å². The quantitative estimate of drug-likeness (QED) is 0.532. The number of nitrogens with zero attached hydrogens (tertiary/aromatic N) is 1. The lowest BCUT2D eigenvalue weighted by atomic mass is 10.0. The summed E-state index contributed by atoms with van der Waals surface area (Å²) in [5, 5.41) is 0. The Labute approximate surface area is 109 Å². The number of benzene rings is 1. The van der Waals surface area contributed by atoms with E-state index in [1.54, 1.807) is 0 Å². The molecule has 1 unspecified atom stereocenters. The zero-order valence-electron chi connectivity index (χ0n) is 8.86. The van der Waals surface area contributed by atoms with E-state index >= 15 is 0 Å². The second-order valence-electron chi connectivity index (χ2n) is 4.11. The van der Waals surface area contributed by atoms with Crippen LogP contribution in [-0.2, 0) is 12.8 Å². The minimum atomic E-state index is 0.396. The highest BCUT2D eigenvalue weighted by Crippen LogP contribution is 2.37. The number of rotatable bonds is 0. The van der Waals surface area contributed by atoms with E-state index in [9.17, 15) is 0 Å². The van der Waals surface area contributed by atoms with Crippen LogP contribution in [0.3, 0.4) is 0 Å². The molecule has 3 rings (SSSR count). The molecule has 0 saturated heterocycles. The van der Waals surface area contributed by atoms with Gasteiger partial charge >= 0.3 is 0 Å². The second-order valence-corrected chi connectivity index (χ2v) is 5.35. The van der Waals surface area contributed by atoms with Crippen LogP contribution in [-0.4, -0.2) is 4.98 Å². The minimum Gasteiger partial charge on any atom is -0.260 e. The monoisotopic (exact) mass is 321 g/mol. The summed E-state index contributed by atoms with van der Waals surface area (Å²) in [6.45, 7) is 0. The molecular formula is C14H12IN. The Hall–Kier alpha value is -0.900. The summed E-state index contributed by atoms with van der Waals surface area (Å²) in [5.41, 5.74) is 5.55. The molecule has 0 aliphatic heterocycles. The molecule has 0 radical (unpaired) electrons. The zero-order valence-corrected chi connectivity index (χ0v) is 11.0. The molecule has 0 saturated carbocycles. The fourth-order valence-corrected chi connectivity index (χ4v) is 3.48. The van der Waals surface area contributed by atoms with Crippen LogP contribution >= 0.6 is 22.6 Å². The summed E-state index contributed by atoms with van der Waals surface area (Å²) in [6.07, 6.45) is 4.15. The smallest absolute Gasteiger partial charge is 0.0786 e. The average molecular weight is 321 g/mol. The van der Waals surface area contributed by atoms with Crippen molar-refractivity contribution in [2.45, 2.75) is 16.8 Å².